The van der Waals surface area contributed by atoms with Crippen LogP contribution in [0, 0.1) is 0 Å². The number of urea groups is 1. The van der Waals surface area contributed by atoms with Crippen molar-refractivity contribution in [2.75, 3.05) is 0 Å². The third kappa shape index (κ3) is 3.76. The number of nitrogens with zero attached hydrogens (tertiary/aromatic N) is 1. The highest BCUT2D eigenvalue weighted by molar-refractivity contribution is 6.07. The number of allylic oxidation sites excluding steroid dienone is 4. The van der Waals surface area contributed by atoms with Gasteiger partial charge in [0.15, 0.2) is 5.78 Å². The summed E-state index contributed by atoms with van der Waals surface area (Å²) in [6.07, 6.45) is 6.30. The number of hydrogen-bond acceptors (Lipinski definition) is 3. The van der Waals surface area contributed by atoms with Crippen molar-refractivity contribution in [1.29, 1.82) is 0 Å². The van der Waals surface area contributed by atoms with Crippen molar-refractivity contribution in [1.82, 2.24) is 5.43 Å². The van der Waals surface area contributed by atoms with Crippen molar-refractivity contribution in [3.8, 4) is 0 Å². The molecule has 1 rings (SSSR count). The largest absolute Gasteiger partial charge is 0.350 e. The summed E-state index contributed by atoms with van der Waals surface area (Å²) in [5.41, 5.74) is 8.49. The number of carbonyl (C=O) groups excluding carboxylic acids is 2. The van der Waals surface area contributed by atoms with E-state index in [2.05, 4.69) is 10.5 Å². The summed E-state index contributed by atoms with van der Waals surface area (Å²) in [5.74, 6) is 0.0469. The highest BCUT2D eigenvalue weighted by Gasteiger charge is 2.09. The van der Waals surface area contributed by atoms with Crippen molar-refractivity contribution in [2.24, 2.45) is 10.8 Å². The molecule has 1 aliphatic rings. The predicted octanol–water partition coefficient (Wildman–Crippen LogP) is 0.876. The number of nitrogens with one attached hydrogen (secondary N) is 1. The van der Waals surface area contributed by atoms with E-state index < -0.39 is 6.03 Å². The number of rotatable bonds is 4. The Labute approximate surface area is 87.7 Å². The molecule has 1 aliphatic carbocycles. The van der Waals surface area contributed by atoms with Crippen molar-refractivity contribution >= 4 is 17.5 Å². The minimum Gasteiger partial charge on any atom is -0.350 e. The van der Waals surface area contributed by atoms with Gasteiger partial charge in [0, 0.05) is 5.71 Å². The van der Waals surface area contributed by atoms with Crippen molar-refractivity contribution in [3.05, 3.63) is 23.8 Å². The van der Waals surface area contributed by atoms with E-state index in [0.29, 0.717) is 12.8 Å². The minimum absolute atomic E-state index is 0.0469. The number of hydrazone groups is 1. The van der Waals surface area contributed by atoms with Crippen LogP contribution >= 0.6 is 0 Å². The first-order valence-electron chi connectivity index (χ1n) is 4.60. The molecule has 5 heteroatoms. The van der Waals surface area contributed by atoms with Crippen LogP contribution in [0.5, 0.6) is 0 Å². The van der Waals surface area contributed by atoms with Crippen LogP contribution in [0.25, 0.3) is 0 Å². The summed E-state index contributed by atoms with van der Waals surface area (Å²) >= 11 is 0. The van der Waals surface area contributed by atoms with E-state index in [-0.39, 0.29) is 5.78 Å². The molecule has 2 amide bonds. The zero-order chi connectivity index (χ0) is 11.3. The molecule has 0 aromatic heterocycles. The average Bonchev–Trinajstić information content (AvgIpc) is 2.58. The molecule has 0 fully saturated rings. The van der Waals surface area contributed by atoms with Gasteiger partial charge >= 0.3 is 6.03 Å². The number of hydrogen-bond donors (Lipinski definition) is 2. The van der Waals surface area contributed by atoms with Crippen LogP contribution in [0.2, 0.25) is 0 Å². The lowest BCUT2D eigenvalue weighted by atomic mass is 10.1. The molecule has 0 radical (unpaired) electrons. The van der Waals surface area contributed by atoms with Gasteiger partial charge in [0.05, 0.1) is 0 Å². The van der Waals surface area contributed by atoms with Crippen LogP contribution < -0.4 is 11.2 Å². The Bertz CT molecular complexity index is 367. The number of nitrogens with two attached hydrogens (primary N) is 1. The van der Waals surface area contributed by atoms with E-state index >= 15 is 0 Å². The Kier molecular flexibility index (Phi) is 3.79. The maximum atomic E-state index is 11.2. The van der Waals surface area contributed by atoms with E-state index in [0.717, 1.165) is 11.3 Å². The van der Waals surface area contributed by atoms with Gasteiger partial charge in [-0.25, -0.2) is 10.2 Å². The number of primary amides is 1. The molecular formula is C10H13N3O2. The fourth-order valence-corrected chi connectivity index (χ4v) is 1.17. The fourth-order valence-electron chi connectivity index (χ4n) is 1.17. The summed E-state index contributed by atoms with van der Waals surface area (Å²) in [6, 6.07) is -0.688. The highest BCUT2D eigenvalue weighted by atomic mass is 16.2. The van der Waals surface area contributed by atoms with Crippen molar-refractivity contribution < 1.29 is 9.59 Å². The van der Waals surface area contributed by atoms with E-state index in [1.165, 1.54) is 6.08 Å². The van der Waals surface area contributed by atoms with Crippen molar-refractivity contribution in [2.45, 2.75) is 19.8 Å². The SMILES string of the molecule is C/C(CCC1=CC=CC1=O)=N/NC(N)=O. The predicted molar refractivity (Wildman–Crippen MR) is 57.3 cm³/mol. The van der Waals surface area contributed by atoms with Crippen LogP contribution in [-0.4, -0.2) is 17.5 Å². The molecule has 0 aliphatic heterocycles. The van der Waals surface area contributed by atoms with Gasteiger partial charge in [-0.1, -0.05) is 12.2 Å². The zero-order valence-electron chi connectivity index (χ0n) is 8.49. The number of carbonyl (C=O) groups is 2. The molecule has 0 atom stereocenters. The maximum Gasteiger partial charge on any atom is 0.332 e. The Morgan fingerprint density at radius 2 is 2.33 bits per heavy atom. The quantitative estimate of drug-likeness (QED) is 0.529. The molecule has 0 unspecified atom stereocenters. The van der Waals surface area contributed by atoms with Crippen molar-refractivity contribution in [3.63, 3.8) is 0 Å². The third-order valence-electron chi connectivity index (χ3n) is 1.97. The second kappa shape index (κ2) is 5.09. The van der Waals surface area contributed by atoms with Crippen LogP contribution in [0.4, 0.5) is 4.79 Å². The van der Waals surface area contributed by atoms with E-state index in [1.807, 2.05) is 0 Å². The molecule has 15 heavy (non-hydrogen) atoms. The van der Waals surface area contributed by atoms with Crippen LogP contribution in [-0.2, 0) is 4.79 Å². The lowest BCUT2D eigenvalue weighted by Crippen LogP contribution is -2.25. The standard InChI is InChI=1S/C10H13N3O2/c1-7(12-13-10(11)15)5-6-8-3-2-4-9(8)14/h2-4H,5-6H2,1H3,(H3,11,13,15)/b12-7-. The summed E-state index contributed by atoms with van der Waals surface area (Å²) in [4.78, 5) is 21.5. The molecule has 0 saturated carbocycles. The van der Waals surface area contributed by atoms with E-state index in [9.17, 15) is 9.59 Å². The average molecular weight is 207 g/mol. The smallest absolute Gasteiger partial charge is 0.332 e. The lowest BCUT2D eigenvalue weighted by Gasteiger charge is -2.01. The summed E-state index contributed by atoms with van der Waals surface area (Å²) in [5, 5.41) is 3.74. The Hall–Kier alpha value is -1.91. The van der Waals surface area contributed by atoms with Gasteiger partial charge in [-0.05, 0) is 31.4 Å². The van der Waals surface area contributed by atoms with Gasteiger partial charge in [0.1, 0.15) is 0 Å². The molecule has 5 nitrogen and oxygen atoms in total. The molecular weight excluding hydrogens is 194 g/mol. The highest BCUT2D eigenvalue weighted by Crippen LogP contribution is 2.13. The van der Waals surface area contributed by atoms with Gasteiger partial charge in [-0.2, -0.15) is 5.10 Å². The molecule has 0 saturated heterocycles. The zero-order valence-corrected chi connectivity index (χ0v) is 8.49. The minimum atomic E-state index is -0.688. The van der Waals surface area contributed by atoms with Gasteiger partial charge < -0.3 is 5.73 Å². The number of amides is 2. The fraction of sp³-hybridized carbons (Fsp3) is 0.300. The molecule has 0 bridgehead atoms. The van der Waals surface area contributed by atoms with Crippen LogP contribution in [0.15, 0.2) is 28.9 Å². The Morgan fingerprint density at radius 3 is 2.87 bits per heavy atom. The molecule has 0 aromatic rings. The van der Waals surface area contributed by atoms with E-state index in [4.69, 9.17) is 5.73 Å². The summed E-state index contributed by atoms with van der Waals surface area (Å²) < 4.78 is 0. The molecule has 80 valence electrons. The van der Waals surface area contributed by atoms with Gasteiger partial charge in [-0.3, -0.25) is 4.79 Å². The summed E-state index contributed by atoms with van der Waals surface area (Å²) in [6.45, 7) is 1.77. The van der Waals surface area contributed by atoms with Gasteiger partial charge in [0.2, 0.25) is 0 Å². The molecule has 0 spiro atoms. The topological polar surface area (TPSA) is 84.6 Å². The lowest BCUT2D eigenvalue weighted by molar-refractivity contribution is -0.111. The maximum absolute atomic E-state index is 11.2. The molecule has 0 heterocycles. The third-order valence-corrected chi connectivity index (χ3v) is 1.97. The summed E-state index contributed by atoms with van der Waals surface area (Å²) in [7, 11) is 0. The number of ketones is 1. The van der Waals surface area contributed by atoms with Crippen LogP contribution in [0.3, 0.4) is 0 Å². The first-order chi connectivity index (χ1) is 7.09. The van der Waals surface area contributed by atoms with Gasteiger partial charge in [0.25, 0.3) is 0 Å². The van der Waals surface area contributed by atoms with Gasteiger partial charge in [-0.15, -0.1) is 0 Å². The Balaban J connectivity index is 2.34. The normalized spacial score (nSPS) is 15.4. The molecule has 3 N–H and O–H groups in total. The second-order valence-electron chi connectivity index (χ2n) is 3.24. The van der Waals surface area contributed by atoms with E-state index in [1.54, 1.807) is 19.1 Å². The first-order valence-corrected chi connectivity index (χ1v) is 4.60. The van der Waals surface area contributed by atoms with Crippen LogP contribution in [0.1, 0.15) is 19.8 Å². The molecule has 0 aromatic carbocycles. The second-order valence-corrected chi connectivity index (χ2v) is 3.24. The monoisotopic (exact) mass is 207 g/mol. The first kappa shape index (κ1) is 11.2. The Morgan fingerprint density at radius 1 is 1.60 bits per heavy atom.